The zero-order valence-corrected chi connectivity index (χ0v) is 18.5. The molecule has 2 aromatic carbocycles. The molecule has 1 aliphatic carbocycles. The summed E-state index contributed by atoms with van der Waals surface area (Å²) in [5.41, 5.74) is 13.2. The van der Waals surface area contributed by atoms with Gasteiger partial charge in [-0.1, -0.05) is 13.8 Å². The summed E-state index contributed by atoms with van der Waals surface area (Å²) in [5, 5.41) is 0. The van der Waals surface area contributed by atoms with Crippen molar-refractivity contribution in [3.8, 4) is 11.1 Å². The molecule has 26 heavy (non-hydrogen) atoms. The fourth-order valence-electron chi connectivity index (χ4n) is 5.31. The van der Waals surface area contributed by atoms with E-state index >= 15 is 0 Å². The molecule has 0 N–H and O–H groups in total. The van der Waals surface area contributed by atoms with E-state index in [1.165, 1.54) is 50.8 Å². The van der Waals surface area contributed by atoms with Gasteiger partial charge in [0.2, 0.25) is 0 Å². The molecule has 0 aliphatic heterocycles. The Labute approximate surface area is 158 Å². The Morgan fingerprint density at radius 1 is 0.577 bits per heavy atom. The van der Waals surface area contributed by atoms with Crippen LogP contribution in [0.2, 0.25) is 0 Å². The maximum Gasteiger partial charge on any atom is 0.176 e. The predicted octanol–water partition coefficient (Wildman–Crippen LogP) is 5.56. The highest BCUT2D eigenvalue weighted by Crippen LogP contribution is 2.56. The third-order valence-corrected chi connectivity index (χ3v) is 8.16. The Morgan fingerprint density at radius 2 is 0.962 bits per heavy atom. The lowest BCUT2D eigenvalue weighted by atomic mass is 9.76. The van der Waals surface area contributed by atoms with Crippen molar-refractivity contribution in [2.24, 2.45) is 0 Å². The highest BCUT2D eigenvalue weighted by molar-refractivity contribution is 7.90. The van der Waals surface area contributed by atoms with Crippen LogP contribution in [0.5, 0.6) is 0 Å². The monoisotopic (exact) mass is 370 g/mol. The lowest BCUT2D eigenvalue weighted by molar-refractivity contribution is 0.598. The van der Waals surface area contributed by atoms with E-state index in [9.17, 15) is 8.42 Å². The summed E-state index contributed by atoms with van der Waals surface area (Å²) < 4.78 is 25.1. The van der Waals surface area contributed by atoms with Gasteiger partial charge >= 0.3 is 0 Å². The molecule has 0 fully saturated rings. The van der Waals surface area contributed by atoms with Gasteiger partial charge in [0.05, 0.1) is 4.90 Å². The third kappa shape index (κ3) is 2.19. The fraction of sp³-hybridized carbons (Fsp3) is 0.478. The smallest absolute Gasteiger partial charge is 0.176 e. The van der Waals surface area contributed by atoms with Gasteiger partial charge in [0.15, 0.2) is 9.84 Å². The van der Waals surface area contributed by atoms with Crippen molar-refractivity contribution in [1.29, 1.82) is 0 Å². The number of hydrogen-bond acceptors (Lipinski definition) is 2. The van der Waals surface area contributed by atoms with E-state index in [1.54, 1.807) is 0 Å². The van der Waals surface area contributed by atoms with Crippen LogP contribution in [0.3, 0.4) is 0 Å². The summed E-state index contributed by atoms with van der Waals surface area (Å²) in [4.78, 5) is 0.512. The van der Waals surface area contributed by atoms with Crippen LogP contribution >= 0.6 is 0 Å². The molecule has 0 bridgehead atoms. The zero-order chi connectivity index (χ0) is 19.9. The Kier molecular flexibility index (Phi) is 4.02. The molecule has 0 spiro atoms. The van der Waals surface area contributed by atoms with Gasteiger partial charge in [0.1, 0.15) is 0 Å². The topological polar surface area (TPSA) is 34.1 Å². The van der Waals surface area contributed by atoms with Gasteiger partial charge in [0, 0.05) is 11.7 Å². The molecule has 1 aliphatic rings. The van der Waals surface area contributed by atoms with Gasteiger partial charge in [-0.05, 0) is 110 Å². The molecule has 0 saturated heterocycles. The number of benzene rings is 2. The average Bonchev–Trinajstić information content (AvgIpc) is 2.75. The van der Waals surface area contributed by atoms with E-state index in [-0.39, 0.29) is 5.41 Å². The van der Waals surface area contributed by atoms with Crippen LogP contribution in [0.4, 0.5) is 0 Å². The summed E-state index contributed by atoms with van der Waals surface area (Å²) in [5.74, 6) is 0. The summed E-state index contributed by atoms with van der Waals surface area (Å²) >= 11 is 0. The zero-order valence-electron chi connectivity index (χ0n) is 17.7. The number of rotatable bonds is 1. The maximum absolute atomic E-state index is 12.6. The molecular formula is C23H30O2S. The van der Waals surface area contributed by atoms with Gasteiger partial charge in [-0.2, -0.15) is 0 Å². The maximum atomic E-state index is 12.6. The molecule has 2 nitrogen and oxygen atoms in total. The minimum atomic E-state index is -3.28. The van der Waals surface area contributed by atoms with E-state index in [0.29, 0.717) is 4.90 Å². The van der Waals surface area contributed by atoms with Gasteiger partial charge < -0.3 is 0 Å². The first kappa shape index (κ1) is 19.2. The standard InChI is InChI=1S/C23H30O2S/c1-11-12(2)15(5)20-18(13(11)3)19-14(4)16(6)22(26(10,24)25)17(7)21(19)23(20,8)9/h1-10H3. The van der Waals surface area contributed by atoms with Crippen molar-refractivity contribution < 1.29 is 8.42 Å². The molecule has 2 aromatic rings. The second kappa shape index (κ2) is 5.45. The summed E-state index contributed by atoms with van der Waals surface area (Å²) in [6.45, 7) is 19.3. The highest BCUT2D eigenvalue weighted by Gasteiger charge is 2.42. The lowest BCUT2D eigenvalue weighted by Crippen LogP contribution is -2.20. The molecule has 0 aromatic heterocycles. The largest absolute Gasteiger partial charge is 0.224 e. The van der Waals surface area contributed by atoms with Gasteiger partial charge in [-0.3, -0.25) is 0 Å². The van der Waals surface area contributed by atoms with E-state index in [2.05, 4.69) is 48.5 Å². The van der Waals surface area contributed by atoms with Crippen LogP contribution in [0.1, 0.15) is 63.9 Å². The van der Waals surface area contributed by atoms with Crippen molar-refractivity contribution in [3.63, 3.8) is 0 Å². The van der Waals surface area contributed by atoms with E-state index in [0.717, 1.165) is 16.7 Å². The van der Waals surface area contributed by atoms with E-state index in [4.69, 9.17) is 0 Å². The summed E-state index contributed by atoms with van der Waals surface area (Å²) in [6.07, 6.45) is 1.33. The third-order valence-electron chi connectivity index (χ3n) is 6.80. The average molecular weight is 371 g/mol. The van der Waals surface area contributed by atoms with Crippen LogP contribution in [0.25, 0.3) is 11.1 Å². The second-order valence-electron chi connectivity index (χ2n) is 8.60. The Balaban J connectivity index is 2.65. The molecule has 0 atom stereocenters. The molecule has 140 valence electrons. The summed E-state index contributed by atoms with van der Waals surface area (Å²) in [7, 11) is -3.28. The highest BCUT2D eigenvalue weighted by atomic mass is 32.2. The van der Waals surface area contributed by atoms with Crippen LogP contribution in [-0.2, 0) is 15.3 Å². The number of fused-ring (bicyclic) bond motifs is 3. The van der Waals surface area contributed by atoms with Crippen LogP contribution in [-0.4, -0.2) is 14.7 Å². The van der Waals surface area contributed by atoms with E-state index in [1.807, 2.05) is 13.8 Å². The van der Waals surface area contributed by atoms with Crippen LogP contribution < -0.4 is 0 Å². The van der Waals surface area contributed by atoms with Gasteiger partial charge in [0.25, 0.3) is 0 Å². The molecule has 0 saturated carbocycles. The minimum Gasteiger partial charge on any atom is -0.224 e. The first-order valence-corrected chi connectivity index (χ1v) is 11.1. The first-order valence-electron chi connectivity index (χ1n) is 9.20. The molecule has 0 radical (unpaired) electrons. The van der Waals surface area contributed by atoms with Crippen molar-refractivity contribution >= 4 is 9.84 Å². The van der Waals surface area contributed by atoms with Crippen LogP contribution in [0, 0.1) is 48.5 Å². The SMILES string of the molecule is Cc1c(C)c(C)c2c(c1C)-c1c(C)c(C)c(S(C)(=O)=O)c(C)c1C2(C)C. The Bertz CT molecular complexity index is 1080. The molecule has 0 amide bonds. The predicted molar refractivity (Wildman–Crippen MR) is 110 cm³/mol. The summed E-state index contributed by atoms with van der Waals surface area (Å²) in [6, 6.07) is 0. The Hall–Kier alpha value is -1.61. The second-order valence-corrected chi connectivity index (χ2v) is 10.6. The Morgan fingerprint density at radius 3 is 1.42 bits per heavy atom. The fourth-order valence-corrected chi connectivity index (χ4v) is 6.68. The quantitative estimate of drug-likeness (QED) is 0.659. The normalized spacial score (nSPS) is 15.2. The minimum absolute atomic E-state index is 0.208. The molecule has 0 heterocycles. The molecule has 3 heteroatoms. The number of sulfone groups is 1. The van der Waals surface area contributed by atoms with Crippen molar-refractivity contribution in [2.45, 2.75) is 72.6 Å². The molecule has 0 unspecified atom stereocenters. The van der Waals surface area contributed by atoms with Gasteiger partial charge in [-0.15, -0.1) is 0 Å². The molecular weight excluding hydrogens is 340 g/mol. The lowest BCUT2D eigenvalue weighted by Gasteiger charge is -2.28. The van der Waals surface area contributed by atoms with Crippen molar-refractivity contribution in [3.05, 3.63) is 50.1 Å². The van der Waals surface area contributed by atoms with Crippen molar-refractivity contribution in [1.82, 2.24) is 0 Å². The van der Waals surface area contributed by atoms with Crippen LogP contribution in [0.15, 0.2) is 4.90 Å². The first-order chi connectivity index (χ1) is 11.7. The van der Waals surface area contributed by atoms with Crippen molar-refractivity contribution in [2.75, 3.05) is 6.26 Å². The van der Waals surface area contributed by atoms with E-state index < -0.39 is 9.84 Å². The number of hydrogen-bond donors (Lipinski definition) is 0. The molecule has 3 rings (SSSR count). The van der Waals surface area contributed by atoms with Gasteiger partial charge in [-0.25, -0.2) is 8.42 Å².